The number of nitrogens with zero attached hydrogens (tertiary/aromatic N) is 2. The minimum absolute atomic E-state index is 0.562. The van der Waals surface area contributed by atoms with Gasteiger partial charge in [0.25, 0.3) is 5.91 Å². The number of alkyl halides is 3. The first-order chi connectivity index (χ1) is 8.72. The highest BCUT2D eigenvalue weighted by atomic mass is 35.5. The highest BCUT2D eigenvalue weighted by Gasteiger charge is 2.29. The topological polar surface area (TPSA) is 94.4 Å². The van der Waals surface area contributed by atoms with Crippen LogP contribution < -0.4 is 5.48 Å². The summed E-state index contributed by atoms with van der Waals surface area (Å²) in [5.41, 5.74) is 0.0434. The quantitative estimate of drug-likeness (QED) is 0.520. The Bertz CT molecular complexity index is 509. The summed E-state index contributed by atoms with van der Waals surface area (Å²) in [5, 5.41) is 10.1. The van der Waals surface area contributed by atoms with Crippen LogP contribution in [0.15, 0.2) is 12.3 Å². The van der Waals surface area contributed by atoms with Gasteiger partial charge in [0.05, 0.1) is 4.92 Å². The second-order valence-electron chi connectivity index (χ2n) is 3.09. The molecular weight excluding hydrogens is 295 g/mol. The molecule has 0 aliphatic rings. The summed E-state index contributed by atoms with van der Waals surface area (Å²) in [7, 11) is 0. The normalized spacial score (nSPS) is 11.2. The zero-order valence-corrected chi connectivity index (χ0v) is 9.66. The molecule has 1 heterocycles. The Kier molecular flexibility index (Phi) is 4.62. The predicted octanol–water partition coefficient (Wildman–Crippen LogP) is 1.87. The maximum absolute atomic E-state index is 11.8. The number of rotatable bonds is 4. The molecule has 0 unspecified atom stereocenters. The van der Waals surface area contributed by atoms with Crippen molar-refractivity contribution in [2.24, 2.45) is 0 Å². The van der Waals surface area contributed by atoms with Crippen molar-refractivity contribution in [3.8, 4) is 0 Å². The van der Waals surface area contributed by atoms with Gasteiger partial charge in [0.15, 0.2) is 6.61 Å². The molecule has 7 nitrogen and oxygen atoms in total. The van der Waals surface area contributed by atoms with Crippen molar-refractivity contribution in [1.29, 1.82) is 0 Å². The average molecular weight is 300 g/mol. The summed E-state index contributed by atoms with van der Waals surface area (Å²) in [5.74, 6) is -1.24. The van der Waals surface area contributed by atoms with Crippen LogP contribution in [0.4, 0.5) is 18.9 Å². The lowest BCUT2D eigenvalue weighted by molar-refractivity contribution is -0.385. The van der Waals surface area contributed by atoms with Gasteiger partial charge in [0.1, 0.15) is 5.56 Å². The third-order valence-corrected chi connectivity index (χ3v) is 1.98. The maximum Gasteiger partial charge on any atom is 0.414 e. The number of nitrogens with one attached hydrogen (secondary N) is 1. The molecule has 19 heavy (non-hydrogen) atoms. The second kappa shape index (κ2) is 5.80. The Balaban J connectivity index is 2.83. The van der Waals surface area contributed by atoms with Gasteiger partial charge in [-0.05, 0) is 6.07 Å². The summed E-state index contributed by atoms with van der Waals surface area (Å²) in [6, 6.07) is 0.927. The molecule has 0 spiro atoms. The molecule has 11 heteroatoms. The van der Waals surface area contributed by atoms with E-state index in [2.05, 4.69) is 9.82 Å². The van der Waals surface area contributed by atoms with Crippen LogP contribution in [0.3, 0.4) is 0 Å². The fourth-order valence-corrected chi connectivity index (χ4v) is 1.25. The van der Waals surface area contributed by atoms with E-state index in [1.807, 2.05) is 0 Å². The zero-order valence-electron chi connectivity index (χ0n) is 8.90. The summed E-state index contributed by atoms with van der Waals surface area (Å²) < 4.78 is 35.3. The van der Waals surface area contributed by atoms with Crippen LogP contribution in [0.5, 0.6) is 0 Å². The summed E-state index contributed by atoms with van der Waals surface area (Å²) >= 11 is 5.42. The Morgan fingerprint density at radius 1 is 1.58 bits per heavy atom. The Morgan fingerprint density at radius 3 is 2.74 bits per heavy atom. The van der Waals surface area contributed by atoms with Crippen molar-refractivity contribution in [3.05, 3.63) is 33.1 Å². The molecule has 104 valence electrons. The molecule has 1 N–H and O–H groups in total. The number of carbonyl (C=O) groups excluding carboxylic acids is 1. The Labute approximate surface area is 108 Å². The van der Waals surface area contributed by atoms with E-state index >= 15 is 0 Å². The average Bonchev–Trinajstić information content (AvgIpc) is 2.26. The van der Waals surface area contributed by atoms with Crippen molar-refractivity contribution in [2.75, 3.05) is 6.61 Å². The van der Waals surface area contributed by atoms with Gasteiger partial charge in [0, 0.05) is 6.20 Å². The molecule has 0 saturated carbocycles. The predicted molar refractivity (Wildman–Crippen MR) is 55.4 cm³/mol. The molecule has 0 aromatic carbocycles. The number of halogens is 4. The highest BCUT2D eigenvalue weighted by Crippen LogP contribution is 2.25. The molecule has 0 saturated heterocycles. The van der Waals surface area contributed by atoms with E-state index in [-0.39, 0.29) is 0 Å². The number of aromatic nitrogens is 1. The van der Waals surface area contributed by atoms with Crippen LogP contribution in [-0.4, -0.2) is 28.6 Å². The van der Waals surface area contributed by atoms with Gasteiger partial charge in [-0.1, -0.05) is 11.6 Å². The van der Waals surface area contributed by atoms with E-state index in [4.69, 9.17) is 11.6 Å². The molecule has 0 fully saturated rings. The SMILES string of the molecule is O=C(NOCC(F)(F)F)c1ccnc(Cl)c1[N+](=O)[O-]. The largest absolute Gasteiger partial charge is 0.414 e. The lowest BCUT2D eigenvalue weighted by Gasteiger charge is -2.08. The van der Waals surface area contributed by atoms with Crippen LogP contribution in [-0.2, 0) is 4.84 Å². The van der Waals surface area contributed by atoms with Crippen LogP contribution in [0.25, 0.3) is 0 Å². The first-order valence-electron chi connectivity index (χ1n) is 4.50. The summed E-state index contributed by atoms with van der Waals surface area (Å²) in [4.78, 5) is 28.4. The van der Waals surface area contributed by atoms with Gasteiger partial charge in [-0.25, -0.2) is 10.5 Å². The monoisotopic (exact) mass is 299 g/mol. The number of carbonyl (C=O) groups is 1. The lowest BCUT2D eigenvalue weighted by Crippen LogP contribution is -2.30. The lowest BCUT2D eigenvalue weighted by atomic mass is 10.2. The number of pyridine rings is 1. The smallest absolute Gasteiger partial charge is 0.267 e. The first kappa shape index (κ1) is 15.1. The number of nitro groups is 1. The molecule has 1 aromatic rings. The highest BCUT2D eigenvalue weighted by molar-refractivity contribution is 6.32. The van der Waals surface area contributed by atoms with Crippen molar-refractivity contribution in [3.63, 3.8) is 0 Å². The van der Waals surface area contributed by atoms with Gasteiger partial charge in [-0.15, -0.1) is 0 Å². The van der Waals surface area contributed by atoms with E-state index in [0.29, 0.717) is 0 Å². The Morgan fingerprint density at radius 2 is 2.21 bits per heavy atom. The van der Waals surface area contributed by atoms with Crippen molar-refractivity contribution >= 4 is 23.2 Å². The summed E-state index contributed by atoms with van der Waals surface area (Å²) in [6.07, 6.45) is -3.65. The van der Waals surface area contributed by atoms with Crippen LogP contribution >= 0.6 is 11.6 Å². The molecular formula is C8H5ClF3N3O4. The number of hydrogen-bond donors (Lipinski definition) is 1. The van der Waals surface area contributed by atoms with Gasteiger partial charge in [-0.3, -0.25) is 19.7 Å². The molecule has 1 amide bonds. The first-order valence-corrected chi connectivity index (χ1v) is 4.88. The second-order valence-corrected chi connectivity index (χ2v) is 3.45. The molecule has 0 aliphatic carbocycles. The molecule has 0 bridgehead atoms. The number of amides is 1. The molecule has 0 atom stereocenters. The van der Waals surface area contributed by atoms with E-state index in [1.54, 1.807) is 0 Å². The molecule has 0 aliphatic heterocycles. The molecule has 0 radical (unpaired) electrons. The maximum atomic E-state index is 11.8. The molecule has 1 rings (SSSR count). The van der Waals surface area contributed by atoms with E-state index in [9.17, 15) is 28.1 Å². The number of hydrogen-bond acceptors (Lipinski definition) is 5. The fourth-order valence-electron chi connectivity index (χ4n) is 1.02. The third-order valence-electron chi connectivity index (χ3n) is 1.71. The van der Waals surface area contributed by atoms with Crippen molar-refractivity contribution in [2.45, 2.75) is 6.18 Å². The fraction of sp³-hybridized carbons (Fsp3) is 0.250. The summed E-state index contributed by atoms with van der Waals surface area (Å²) in [6.45, 7) is -1.73. The van der Waals surface area contributed by atoms with E-state index in [1.165, 1.54) is 5.48 Å². The van der Waals surface area contributed by atoms with Gasteiger partial charge < -0.3 is 0 Å². The van der Waals surface area contributed by atoms with E-state index < -0.39 is 40.0 Å². The van der Waals surface area contributed by atoms with Crippen LogP contribution in [0.2, 0.25) is 5.15 Å². The van der Waals surface area contributed by atoms with Crippen LogP contribution in [0.1, 0.15) is 10.4 Å². The van der Waals surface area contributed by atoms with E-state index in [0.717, 1.165) is 12.3 Å². The molecule has 1 aromatic heterocycles. The number of hydroxylamine groups is 1. The van der Waals surface area contributed by atoms with Crippen molar-refractivity contribution < 1.29 is 27.7 Å². The van der Waals surface area contributed by atoms with Gasteiger partial charge in [-0.2, -0.15) is 13.2 Å². The zero-order chi connectivity index (χ0) is 14.6. The van der Waals surface area contributed by atoms with Gasteiger partial charge in [0.2, 0.25) is 5.15 Å². The Hall–Kier alpha value is -1.94. The third kappa shape index (κ3) is 4.34. The van der Waals surface area contributed by atoms with Crippen LogP contribution in [0, 0.1) is 10.1 Å². The van der Waals surface area contributed by atoms with Gasteiger partial charge >= 0.3 is 11.9 Å². The van der Waals surface area contributed by atoms with Crippen molar-refractivity contribution in [1.82, 2.24) is 10.5 Å². The minimum atomic E-state index is -4.64. The standard InChI is InChI=1S/C8H5ClF3N3O4/c9-6-5(15(17)18)4(1-2-13-6)7(16)14-19-3-8(10,11)12/h1-2H,3H2,(H,14,16). The minimum Gasteiger partial charge on any atom is -0.267 e.